The highest BCUT2D eigenvalue weighted by molar-refractivity contribution is 5.92. The fourth-order valence-electron chi connectivity index (χ4n) is 6.49. The summed E-state index contributed by atoms with van der Waals surface area (Å²) in [6.45, 7) is 4.28. The Morgan fingerprint density at radius 2 is 1.82 bits per heavy atom. The number of aliphatic hydroxyl groups excluding tert-OH is 1. The largest absolute Gasteiger partial charge is 0.393 e. The van der Waals surface area contributed by atoms with Crippen molar-refractivity contribution in [3.05, 3.63) is 0 Å². The number of rotatable bonds is 0. The van der Waals surface area contributed by atoms with E-state index in [0.717, 1.165) is 38.5 Å². The summed E-state index contributed by atoms with van der Waals surface area (Å²) in [6, 6.07) is 0. The Hall–Kier alpha value is -0.900. The zero-order valence-electron chi connectivity index (χ0n) is 13.5. The van der Waals surface area contributed by atoms with Crippen LogP contribution in [0.2, 0.25) is 0 Å². The lowest BCUT2D eigenvalue weighted by Crippen LogP contribution is -2.58. The number of hydrogen-bond donors (Lipinski definition) is 1. The predicted molar refractivity (Wildman–Crippen MR) is 79.6 cm³/mol. The Kier molecular flexibility index (Phi) is 3.04. The monoisotopic (exact) mass is 306 g/mol. The van der Waals surface area contributed by atoms with Crippen LogP contribution >= 0.6 is 0 Å². The molecular formula is C18H26O4. The molecule has 0 spiro atoms. The molecule has 3 saturated carbocycles. The second kappa shape index (κ2) is 4.56. The first-order valence-corrected chi connectivity index (χ1v) is 8.80. The third kappa shape index (κ3) is 1.68. The maximum atomic E-state index is 12.6. The third-order valence-corrected chi connectivity index (χ3v) is 7.91. The minimum absolute atomic E-state index is 0.0265. The summed E-state index contributed by atoms with van der Waals surface area (Å²) in [5, 5.41) is 10.4. The number of fused-ring (bicyclic) bond motifs is 5. The SMILES string of the molecule is C[C@]12C(=O)OC(=O)C[C@@H]1CC[C@@H]1[C@@H]2CC[C@]2(C)C(O)CC[C@@H]12. The number of aliphatic hydroxyl groups is 1. The van der Waals surface area contributed by atoms with Gasteiger partial charge < -0.3 is 9.84 Å². The van der Waals surface area contributed by atoms with E-state index < -0.39 is 5.41 Å². The van der Waals surface area contributed by atoms with Crippen LogP contribution in [0.25, 0.3) is 0 Å². The summed E-state index contributed by atoms with van der Waals surface area (Å²) in [4.78, 5) is 24.2. The molecule has 0 amide bonds. The molecule has 4 nitrogen and oxygen atoms in total. The van der Waals surface area contributed by atoms with Gasteiger partial charge >= 0.3 is 11.9 Å². The molecule has 122 valence electrons. The molecule has 1 heterocycles. The summed E-state index contributed by atoms with van der Waals surface area (Å²) in [5.41, 5.74) is -0.468. The van der Waals surface area contributed by atoms with E-state index in [4.69, 9.17) is 4.74 Å². The van der Waals surface area contributed by atoms with Crippen LogP contribution in [0.1, 0.15) is 58.8 Å². The summed E-state index contributed by atoms with van der Waals surface area (Å²) < 4.78 is 5.04. The summed E-state index contributed by atoms with van der Waals surface area (Å²) in [6.07, 6.45) is 6.19. The van der Waals surface area contributed by atoms with Gasteiger partial charge in [0.1, 0.15) is 0 Å². The molecule has 4 heteroatoms. The molecule has 0 aromatic carbocycles. The van der Waals surface area contributed by atoms with Gasteiger partial charge in [0.25, 0.3) is 0 Å². The van der Waals surface area contributed by atoms with Crippen LogP contribution in [-0.2, 0) is 14.3 Å². The Balaban J connectivity index is 1.69. The first kappa shape index (κ1) is 14.7. The maximum absolute atomic E-state index is 12.6. The van der Waals surface area contributed by atoms with Gasteiger partial charge in [0.05, 0.1) is 11.5 Å². The van der Waals surface area contributed by atoms with Gasteiger partial charge in [0.2, 0.25) is 0 Å². The van der Waals surface area contributed by atoms with E-state index in [-0.39, 0.29) is 29.4 Å². The second-order valence-corrected chi connectivity index (χ2v) is 8.54. The van der Waals surface area contributed by atoms with Crippen molar-refractivity contribution >= 4 is 11.9 Å². The van der Waals surface area contributed by atoms with E-state index in [9.17, 15) is 14.7 Å². The van der Waals surface area contributed by atoms with Gasteiger partial charge in [-0.2, -0.15) is 0 Å². The molecule has 0 bridgehead atoms. The molecule has 1 saturated heterocycles. The van der Waals surface area contributed by atoms with E-state index in [1.807, 2.05) is 6.92 Å². The van der Waals surface area contributed by atoms with E-state index >= 15 is 0 Å². The zero-order valence-corrected chi connectivity index (χ0v) is 13.5. The number of esters is 2. The average Bonchev–Trinajstić information content (AvgIpc) is 2.77. The summed E-state index contributed by atoms with van der Waals surface area (Å²) >= 11 is 0. The van der Waals surface area contributed by atoms with Crippen LogP contribution in [0.15, 0.2) is 0 Å². The van der Waals surface area contributed by atoms with E-state index in [1.165, 1.54) is 0 Å². The fraction of sp³-hybridized carbons (Fsp3) is 0.889. The Morgan fingerprint density at radius 3 is 2.59 bits per heavy atom. The first-order valence-electron chi connectivity index (χ1n) is 8.80. The molecule has 0 aromatic heterocycles. The van der Waals surface area contributed by atoms with Crippen LogP contribution < -0.4 is 0 Å². The van der Waals surface area contributed by atoms with Crippen LogP contribution in [0.4, 0.5) is 0 Å². The predicted octanol–water partition coefficient (Wildman–Crippen LogP) is 2.68. The van der Waals surface area contributed by atoms with Gasteiger partial charge in [0, 0.05) is 6.42 Å². The molecule has 22 heavy (non-hydrogen) atoms. The lowest BCUT2D eigenvalue weighted by atomic mass is 9.47. The fourth-order valence-corrected chi connectivity index (χ4v) is 6.49. The molecule has 1 aliphatic heterocycles. The van der Waals surface area contributed by atoms with Crippen molar-refractivity contribution < 1.29 is 19.4 Å². The lowest BCUT2D eigenvalue weighted by molar-refractivity contribution is -0.195. The van der Waals surface area contributed by atoms with E-state index in [2.05, 4.69) is 6.92 Å². The molecule has 3 aliphatic carbocycles. The summed E-state index contributed by atoms with van der Waals surface area (Å²) in [7, 11) is 0. The van der Waals surface area contributed by atoms with Gasteiger partial charge in [-0.25, -0.2) is 0 Å². The van der Waals surface area contributed by atoms with Gasteiger partial charge in [-0.1, -0.05) is 6.92 Å². The Bertz CT molecular complexity index is 529. The second-order valence-electron chi connectivity index (χ2n) is 8.54. The highest BCUT2D eigenvalue weighted by atomic mass is 16.6. The molecule has 4 rings (SSSR count). The van der Waals surface area contributed by atoms with Crippen molar-refractivity contribution in [2.75, 3.05) is 0 Å². The topological polar surface area (TPSA) is 63.6 Å². The normalized spacial score (nSPS) is 54.2. The van der Waals surface area contributed by atoms with Gasteiger partial charge in [-0.3, -0.25) is 9.59 Å². The van der Waals surface area contributed by atoms with Gasteiger partial charge in [0.15, 0.2) is 0 Å². The van der Waals surface area contributed by atoms with Crippen molar-refractivity contribution in [2.24, 2.45) is 34.5 Å². The van der Waals surface area contributed by atoms with Crippen molar-refractivity contribution in [2.45, 2.75) is 64.9 Å². The lowest BCUT2D eigenvalue weighted by Gasteiger charge is -2.58. The van der Waals surface area contributed by atoms with Crippen molar-refractivity contribution in [1.82, 2.24) is 0 Å². The van der Waals surface area contributed by atoms with Crippen molar-refractivity contribution in [3.63, 3.8) is 0 Å². The van der Waals surface area contributed by atoms with Gasteiger partial charge in [-0.05, 0) is 74.5 Å². The van der Waals surface area contributed by atoms with Crippen molar-refractivity contribution in [3.8, 4) is 0 Å². The van der Waals surface area contributed by atoms with Crippen LogP contribution in [0.5, 0.6) is 0 Å². The molecule has 1 N–H and O–H groups in total. The molecule has 4 aliphatic rings. The maximum Gasteiger partial charge on any atom is 0.320 e. The minimum atomic E-state index is -0.494. The standard InChI is InChI=1S/C18H26O4/c1-17-8-7-13-11(12(17)5-6-14(17)19)4-3-10-9-15(20)22-16(21)18(10,13)2/h10-14,19H,3-9H2,1-2H3/t10-,11-,12-,13-,14?,17-,18-/m0/s1. The molecule has 4 fully saturated rings. The molecule has 0 aromatic rings. The van der Waals surface area contributed by atoms with Crippen LogP contribution in [0.3, 0.4) is 0 Å². The number of hydrogen-bond acceptors (Lipinski definition) is 4. The number of carbonyl (C=O) groups is 2. The molecule has 1 unspecified atom stereocenters. The van der Waals surface area contributed by atoms with E-state index in [0.29, 0.717) is 24.2 Å². The van der Waals surface area contributed by atoms with Gasteiger partial charge in [-0.15, -0.1) is 0 Å². The highest BCUT2D eigenvalue weighted by Gasteiger charge is 2.63. The minimum Gasteiger partial charge on any atom is -0.393 e. The molecular weight excluding hydrogens is 280 g/mol. The van der Waals surface area contributed by atoms with Crippen LogP contribution in [0, 0.1) is 34.5 Å². The highest BCUT2D eigenvalue weighted by Crippen LogP contribution is 2.65. The Labute approximate surface area is 131 Å². The smallest absolute Gasteiger partial charge is 0.320 e. The zero-order chi connectivity index (χ0) is 15.7. The average molecular weight is 306 g/mol. The van der Waals surface area contributed by atoms with Crippen LogP contribution in [-0.4, -0.2) is 23.1 Å². The van der Waals surface area contributed by atoms with Crippen molar-refractivity contribution in [1.29, 1.82) is 0 Å². The summed E-state index contributed by atoms with van der Waals surface area (Å²) in [5.74, 6) is 0.851. The van der Waals surface area contributed by atoms with E-state index in [1.54, 1.807) is 0 Å². The molecule has 7 atom stereocenters. The first-order chi connectivity index (χ1) is 10.4. The molecule has 0 radical (unpaired) electrons. The number of carbonyl (C=O) groups excluding carboxylic acids is 2. The third-order valence-electron chi connectivity index (χ3n) is 7.91. The Morgan fingerprint density at radius 1 is 1.05 bits per heavy atom. The quantitative estimate of drug-likeness (QED) is 0.552. The number of ether oxygens (including phenoxy) is 1. The number of cyclic esters (lactones) is 2.